The van der Waals surface area contributed by atoms with Crippen molar-refractivity contribution >= 4 is 11.8 Å². The Morgan fingerprint density at radius 3 is 2.62 bits per heavy atom. The molecule has 0 aromatic carbocycles. The fourth-order valence-electron chi connectivity index (χ4n) is 5.09. The maximum absolute atomic E-state index is 12.7. The number of fused-ring (bicyclic) bond motifs is 2. The zero-order valence-corrected chi connectivity index (χ0v) is 15.6. The van der Waals surface area contributed by atoms with Gasteiger partial charge in [0.25, 0.3) is 5.91 Å². The molecule has 0 radical (unpaired) electrons. The first-order valence-corrected chi connectivity index (χ1v) is 9.72. The van der Waals surface area contributed by atoms with E-state index in [1.165, 1.54) is 0 Å². The molecule has 0 bridgehead atoms. The van der Waals surface area contributed by atoms with Crippen LogP contribution in [0.1, 0.15) is 37.0 Å². The number of carbonyl (C=O) groups is 2. The van der Waals surface area contributed by atoms with Crippen molar-refractivity contribution < 1.29 is 9.59 Å². The van der Waals surface area contributed by atoms with Gasteiger partial charge in [0.2, 0.25) is 5.91 Å². The molecule has 3 aliphatic heterocycles. The number of nitrogens with zero attached hydrogens (tertiary/aromatic N) is 3. The molecule has 1 N–H and O–H groups in total. The fraction of sp³-hybridized carbons (Fsp3) is 0.650. The second-order valence-corrected chi connectivity index (χ2v) is 8.50. The van der Waals surface area contributed by atoms with E-state index >= 15 is 0 Å². The number of aromatic nitrogens is 1. The van der Waals surface area contributed by atoms with Gasteiger partial charge in [0.1, 0.15) is 0 Å². The number of rotatable bonds is 3. The highest BCUT2D eigenvalue weighted by Crippen LogP contribution is 2.44. The van der Waals surface area contributed by atoms with Crippen LogP contribution in [0.3, 0.4) is 0 Å². The third kappa shape index (κ3) is 3.00. The van der Waals surface area contributed by atoms with Gasteiger partial charge in [-0.2, -0.15) is 0 Å². The average molecular weight is 356 g/mol. The number of nitrogens with one attached hydrogen (secondary N) is 1. The first-order chi connectivity index (χ1) is 12.5. The molecule has 0 unspecified atom stereocenters. The normalized spacial score (nSPS) is 27.8. The molecular formula is C20H28N4O2. The molecule has 140 valence electrons. The molecular weight excluding hydrogens is 328 g/mol. The van der Waals surface area contributed by atoms with E-state index < -0.39 is 0 Å². The third-order valence-electron chi connectivity index (χ3n) is 6.31. The number of pyridine rings is 1. The van der Waals surface area contributed by atoms with E-state index in [0.29, 0.717) is 30.5 Å². The van der Waals surface area contributed by atoms with Crippen LogP contribution in [0.5, 0.6) is 0 Å². The topological polar surface area (TPSA) is 65.5 Å². The summed E-state index contributed by atoms with van der Waals surface area (Å²) in [5.74, 6) is 1.40. The van der Waals surface area contributed by atoms with Gasteiger partial charge in [0.05, 0.1) is 5.92 Å². The summed E-state index contributed by atoms with van der Waals surface area (Å²) in [6.45, 7) is 8.81. The second-order valence-electron chi connectivity index (χ2n) is 8.50. The number of piperidine rings is 1. The maximum atomic E-state index is 12.7. The molecule has 2 atom stereocenters. The van der Waals surface area contributed by atoms with Crippen molar-refractivity contribution in [3.05, 3.63) is 30.1 Å². The van der Waals surface area contributed by atoms with Crippen LogP contribution in [0, 0.1) is 17.8 Å². The Bertz CT molecular complexity index is 682. The van der Waals surface area contributed by atoms with Crippen molar-refractivity contribution in [2.45, 2.75) is 32.2 Å². The van der Waals surface area contributed by atoms with Crippen molar-refractivity contribution in [3.8, 4) is 0 Å². The maximum Gasteiger partial charge on any atom is 0.253 e. The highest BCUT2D eigenvalue weighted by Gasteiger charge is 2.57. The quantitative estimate of drug-likeness (QED) is 0.889. The Morgan fingerprint density at radius 1 is 1.27 bits per heavy atom. The average Bonchev–Trinajstić information content (AvgIpc) is 3.15. The van der Waals surface area contributed by atoms with Crippen LogP contribution >= 0.6 is 0 Å². The molecule has 26 heavy (non-hydrogen) atoms. The van der Waals surface area contributed by atoms with Crippen molar-refractivity contribution in [1.29, 1.82) is 0 Å². The summed E-state index contributed by atoms with van der Waals surface area (Å²) in [5.41, 5.74) is 0.566. The summed E-state index contributed by atoms with van der Waals surface area (Å²) in [5, 5.41) is 3.33. The fourth-order valence-corrected chi connectivity index (χ4v) is 5.09. The molecule has 3 fully saturated rings. The summed E-state index contributed by atoms with van der Waals surface area (Å²) in [6.07, 6.45) is 5.02. The Kier molecular flexibility index (Phi) is 4.47. The first kappa shape index (κ1) is 17.5. The van der Waals surface area contributed by atoms with Crippen LogP contribution in [-0.4, -0.2) is 64.9 Å². The molecule has 0 aliphatic carbocycles. The van der Waals surface area contributed by atoms with E-state index in [4.69, 9.17) is 0 Å². The summed E-state index contributed by atoms with van der Waals surface area (Å²) < 4.78 is 0. The zero-order chi connectivity index (χ0) is 18.3. The van der Waals surface area contributed by atoms with E-state index in [1.807, 2.05) is 4.90 Å². The van der Waals surface area contributed by atoms with Crippen LogP contribution in [0.2, 0.25) is 0 Å². The Labute approximate surface area is 155 Å². The summed E-state index contributed by atoms with van der Waals surface area (Å²) in [6, 6.07) is 3.53. The number of amides is 2. The molecule has 1 aromatic heterocycles. The minimum Gasteiger partial charge on any atom is -0.350 e. The Balaban J connectivity index is 1.43. The lowest BCUT2D eigenvalue weighted by molar-refractivity contribution is -0.123. The van der Waals surface area contributed by atoms with Crippen LogP contribution in [0.25, 0.3) is 0 Å². The molecule has 2 amide bonds. The van der Waals surface area contributed by atoms with E-state index in [-0.39, 0.29) is 23.3 Å². The number of likely N-dealkylation sites (tertiary alicyclic amines) is 2. The lowest BCUT2D eigenvalue weighted by Gasteiger charge is -2.43. The monoisotopic (exact) mass is 356 g/mol. The van der Waals surface area contributed by atoms with E-state index in [1.54, 1.807) is 24.5 Å². The van der Waals surface area contributed by atoms with Gasteiger partial charge in [0.15, 0.2) is 0 Å². The molecule has 3 saturated heterocycles. The smallest absolute Gasteiger partial charge is 0.253 e. The van der Waals surface area contributed by atoms with Gasteiger partial charge in [-0.05, 0) is 30.9 Å². The van der Waals surface area contributed by atoms with Gasteiger partial charge >= 0.3 is 0 Å². The molecule has 6 nitrogen and oxygen atoms in total. The molecule has 4 heterocycles. The van der Waals surface area contributed by atoms with Gasteiger partial charge in [-0.3, -0.25) is 14.6 Å². The van der Waals surface area contributed by atoms with Gasteiger partial charge in [0, 0.05) is 62.1 Å². The lowest BCUT2D eigenvalue weighted by Crippen LogP contribution is -2.56. The van der Waals surface area contributed by atoms with Crippen LogP contribution in [-0.2, 0) is 4.79 Å². The number of carbonyl (C=O) groups excluding carboxylic acids is 2. The minimum atomic E-state index is -0.123. The van der Waals surface area contributed by atoms with Crippen LogP contribution in [0.4, 0.5) is 0 Å². The van der Waals surface area contributed by atoms with Crippen LogP contribution < -0.4 is 5.32 Å². The van der Waals surface area contributed by atoms with Gasteiger partial charge in [-0.25, -0.2) is 0 Å². The summed E-state index contributed by atoms with van der Waals surface area (Å²) >= 11 is 0. The minimum absolute atomic E-state index is 0.0657. The van der Waals surface area contributed by atoms with Crippen molar-refractivity contribution in [2.24, 2.45) is 17.8 Å². The predicted octanol–water partition coefficient (Wildman–Crippen LogP) is 1.39. The van der Waals surface area contributed by atoms with E-state index in [9.17, 15) is 9.59 Å². The molecule has 6 heteroatoms. The highest BCUT2D eigenvalue weighted by molar-refractivity contribution is 5.94. The summed E-state index contributed by atoms with van der Waals surface area (Å²) in [4.78, 5) is 33.6. The van der Waals surface area contributed by atoms with Gasteiger partial charge in [-0.15, -0.1) is 0 Å². The molecule has 3 aliphatic rings. The number of hydrogen-bond acceptors (Lipinski definition) is 4. The van der Waals surface area contributed by atoms with Crippen LogP contribution in [0.15, 0.2) is 24.5 Å². The third-order valence-corrected chi connectivity index (χ3v) is 6.31. The largest absolute Gasteiger partial charge is 0.350 e. The molecule has 1 spiro atoms. The lowest BCUT2D eigenvalue weighted by atomic mass is 9.75. The Morgan fingerprint density at radius 2 is 1.96 bits per heavy atom. The zero-order valence-electron chi connectivity index (χ0n) is 15.6. The number of hydrogen-bond donors (Lipinski definition) is 1. The second kappa shape index (κ2) is 6.65. The molecule has 4 rings (SSSR count). The van der Waals surface area contributed by atoms with Crippen molar-refractivity contribution in [2.75, 3.05) is 32.7 Å². The molecule has 0 saturated carbocycles. The first-order valence-electron chi connectivity index (χ1n) is 9.72. The summed E-state index contributed by atoms with van der Waals surface area (Å²) in [7, 11) is 0. The predicted molar refractivity (Wildman–Crippen MR) is 98.5 cm³/mol. The van der Waals surface area contributed by atoms with Crippen molar-refractivity contribution in [3.63, 3.8) is 0 Å². The van der Waals surface area contributed by atoms with E-state index in [0.717, 1.165) is 32.5 Å². The molecule has 1 aromatic rings. The van der Waals surface area contributed by atoms with Gasteiger partial charge in [-0.1, -0.05) is 13.8 Å². The van der Waals surface area contributed by atoms with Crippen molar-refractivity contribution in [1.82, 2.24) is 20.1 Å². The SMILES string of the molecule is CC(C)CN1C[C@H]2C(=O)NC3(CCN(C(=O)c4ccncc4)CC3)[C@H]2C1. The Hall–Kier alpha value is -1.95. The standard InChI is InChI=1S/C20H28N4O2/c1-14(2)11-23-12-16-17(13-23)20(22-18(16)25)5-9-24(10-6-20)19(26)15-3-7-21-8-4-15/h3-4,7-8,14,16-17H,5-6,9-13H2,1-2H3,(H,22,25)/t16-,17+/m1/s1. The van der Waals surface area contributed by atoms with E-state index in [2.05, 4.69) is 29.0 Å². The highest BCUT2D eigenvalue weighted by atomic mass is 16.2. The van der Waals surface area contributed by atoms with Gasteiger partial charge < -0.3 is 15.1 Å².